The van der Waals surface area contributed by atoms with Gasteiger partial charge >= 0.3 is 0 Å². The van der Waals surface area contributed by atoms with Gasteiger partial charge < -0.3 is 9.84 Å². The van der Waals surface area contributed by atoms with Crippen LogP contribution in [0.1, 0.15) is 30.9 Å². The van der Waals surface area contributed by atoms with Gasteiger partial charge in [-0.1, -0.05) is 5.16 Å². The Morgan fingerprint density at radius 3 is 2.39 bits per heavy atom. The van der Waals surface area contributed by atoms with Crippen LogP contribution in [0, 0.1) is 13.8 Å². The molecule has 0 bridgehead atoms. The molecule has 0 aliphatic heterocycles. The minimum Gasteiger partial charge on any atom is -0.361 e. The predicted molar refractivity (Wildman–Crippen MR) is 69.7 cm³/mol. The van der Waals surface area contributed by atoms with Crippen molar-refractivity contribution in [1.29, 1.82) is 0 Å². The molecule has 2 N–H and O–H groups in total. The molecule has 0 aromatic carbocycles. The summed E-state index contributed by atoms with van der Waals surface area (Å²) in [5.74, 6) is 0.786. The van der Waals surface area contributed by atoms with Crippen LogP contribution in [0.5, 0.6) is 0 Å². The Labute approximate surface area is 108 Å². The lowest BCUT2D eigenvalue weighted by molar-refractivity contribution is 0.390. The molecule has 6 nitrogen and oxygen atoms in total. The number of hydrogen-bond acceptors (Lipinski definition) is 5. The van der Waals surface area contributed by atoms with E-state index < -0.39 is 15.6 Å². The second-order valence-electron chi connectivity index (χ2n) is 5.16. The van der Waals surface area contributed by atoms with Gasteiger partial charge in [0.2, 0.25) is 10.0 Å². The van der Waals surface area contributed by atoms with Crippen LogP contribution in [-0.2, 0) is 16.6 Å². The van der Waals surface area contributed by atoms with E-state index in [2.05, 4.69) is 15.2 Å². The van der Waals surface area contributed by atoms with Crippen LogP contribution in [-0.4, -0.2) is 31.9 Å². The van der Waals surface area contributed by atoms with Crippen LogP contribution in [0.3, 0.4) is 0 Å². The maximum Gasteiger partial charge on any atom is 0.209 e. The van der Waals surface area contributed by atoms with E-state index in [-0.39, 0.29) is 0 Å². The van der Waals surface area contributed by atoms with E-state index in [0.717, 1.165) is 23.3 Å². The van der Waals surface area contributed by atoms with E-state index in [4.69, 9.17) is 4.52 Å². The van der Waals surface area contributed by atoms with E-state index in [1.54, 1.807) is 0 Å². The molecule has 1 rings (SSSR count). The van der Waals surface area contributed by atoms with Gasteiger partial charge in [0.1, 0.15) is 5.76 Å². The maximum absolute atomic E-state index is 11.2. The van der Waals surface area contributed by atoms with Gasteiger partial charge in [0, 0.05) is 24.2 Å². The Balaban J connectivity index is 2.52. The predicted octanol–water partition coefficient (Wildman–Crippen LogP) is 0.709. The molecule has 0 amide bonds. The molecule has 0 fully saturated rings. The second-order valence-corrected chi connectivity index (χ2v) is 6.91. The number of sulfonamides is 1. The molecule has 7 heteroatoms. The fourth-order valence-electron chi connectivity index (χ4n) is 1.79. The summed E-state index contributed by atoms with van der Waals surface area (Å²) >= 11 is 0. The van der Waals surface area contributed by atoms with Gasteiger partial charge in [-0.3, -0.25) is 0 Å². The smallest absolute Gasteiger partial charge is 0.209 e. The summed E-state index contributed by atoms with van der Waals surface area (Å²) in [6, 6.07) is 0. The van der Waals surface area contributed by atoms with Crippen LogP contribution in [0.25, 0.3) is 0 Å². The highest BCUT2D eigenvalue weighted by molar-refractivity contribution is 7.88. The summed E-state index contributed by atoms with van der Waals surface area (Å²) in [5.41, 5.74) is 1.34. The van der Waals surface area contributed by atoms with Crippen LogP contribution < -0.4 is 10.0 Å². The summed E-state index contributed by atoms with van der Waals surface area (Å²) in [6.07, 6.45) is 1.16. The third-order valence-electron chi connectivity index (χ3n) is 2.51. The third kappa shape index (κ3) is 4.75. The largest absolute Gasteiger partial charge is 0.361 e. The van der Waals surface area contributed by atoms with Crippen LogP contribution in [0.2, 0.25) is 0 Å². The lowest BCUT2D eigenvalue weighted by Gasteiger charge is -2.25. The quantitative estimate of drug-likeness (QED) is 0.798. The summed E-state index contributed by atoms with van der Waals surface area (Å²) in [7, 11) is -3.20. The fourth-order valence-corrected chi connectivity index (χ4v) is 2.87. The zero-order valence-corrected chi connectivity index (χ0v) is 12.3. The van der Waals surface area contributed by atoms with Gasteiger partial charge in [-0.05, 0) is 27.7 Å². The van der Waals surface area contributed by atoms with Gasteiger partial charge in [0.05, 0.1) is 11.9 Å². The zero-order chi connectivity index (χ0) is 14.0. The minimum atomic E-state index is -3.20. The van der Waals surface area contributed by atoms with Crippen molar-refractivity contribution in [1.82, 2.24) is 15.2 Å². The number of aryl methyl sites for hydroxylation is 2. The first-order chi connectivity index (χ1) is 8.11. The van der Waals surface area contributed by atoms with Gasteiger partial charge in [-0.25, -0.2) is 13.1 Å². The molecule has 1 heterocycles. The first-order valence-corrected chi connectivity index (χ1v) is 7.61. The molecule has 18 heavy (non-hydrogen) atoms. The van der Waals surface area contributed by atoms with Crippen LogP contribution >= 0.6 is 0 Å². The van der Waals surface area contributed by atoms with Crippen molar-refractivity contribution in [2.24, 2.45) is 0 Å². The van der Waals surface area contributed by atoms with Crippen molar-refractivity contribution in [3.63, 3.8) is 0 Å². The first kappa shape index (κ1) is 15.1. The fraction of sp³-hybridized carbons (Fsp3) is 0.727. The molecular weight excluding hydrogens is 254 g/mol. The lowest BCUT2D eigenvalue weighted by atomic mass is 10.1. The van der Waals surface area contributed by atoms with E-state index >= 15 is 0 Å². The number of rotatable bonds is 6. The van der Waals surface area contributed by atoms with Crippen molar-refractivity contribution in [2.75, 3.05) is 12.8 Å². The molecular formula is C11H21N3O3S. The average Bonchev–Trinajstić information content (AvgIpc) is 2.44. The molecule has 0 atom stereocenters. The summed E-state index contributed by atoms with van der Waals surface area (Å²) in [5, 5.41) is 7.07. The highest BCUT2D eigenvalue weighted by atomic mass is 32.2. The zero-order valence-electron chi connectivity index (χ0n) is 11.5. The SMILES string of the molecule is Cc1noc(C)c1CNCC(C)(C)NS(C)(=O)=O. The highest BCUT2D eigenvalue weighted by Crippen LogP contribution is 2.12. The van der Waals surface area contributed by atoms with E-state index in [9.17, 15) is 8.42 Å². The summed E-state index contributed by atoms with van der Waals surface area (Å²) < 4.78 is 30.0. The molecule has 1 aromatic heterocycles. The molecule has 0 saturated heterocycles. The molecule has 0 spiro atoms. The van der Waals surface area contributed by atoms with E-state index in [1.807, 2.05) is 27.7 Å². The Kier molecular flexibility index (Phi) is 4.52. The topological polar surface area (TPSA) is 84.2 Å². The van der Waals surface area contributed by atoms with Gasteiger partial charge in [0.15, 0.2) is 0 Å². The summed E-state index contributed by atoms with van der Waals surface area (Å²) in [6.45, 7) is 8.52. The molecule has 0 aliphatic rings. The monoisotopic (exact) mass is 275 g/mol. The number of hydrogen-bond donors (Lipinski definition) is 2. The number of nitrogens with zero attached hydrogens (tertiary/aromatic N) is 1. The molecule has 0 saturated carbocycles. The normalized spacial score (nSPS) is 12.9. The molecule has 0 radical (unpaired) electrons. The van der Waals surface area contributed by atoms with E-state index in [0.29, 0.717) is 13.1 Å². The molecule has 0 unspecified atom stereocenters. The Morgan fingerprint density at radius 1 is 1.33 bits per heavy atom. The minimum absolute atomic E-state index is 0.518. The Hall–Kier alpha value is -0.920. The number of aromatic nitrogens is 1. The van der Waals surface area contributed by atoms with Gasteiger partial charge in [-0.2, -0.15) is 0 Å². The van der Waals surface area contributed by atoms with Crippen molar-refractivity contribution >= 4 is 10.0 Å². The average molecular weight is 275 g/mol. The lowest BCUT2D eigenvalue weighted by Crippen LogP contribution is -2.49. The van der Waals surface area contributed by atoms with Crippen molar-refractivity contribution in [3.8, 4) is 0 Å². The molecule has 104 valence electrons. The second kappa shape index (κ2) is 5.38. The Bertz CT molecular complexity index is 486. The van der Waals surface area contributed by atoms with Crippen LogP contribution in [0.4, 0.5) is 0 Å². The highest BCUT2D eigenvalue weighted by Gasteiger charge is 2.21. The standard InChI is InChI=1S/C11H21N3O3S/c1-8-10(9(2)17-13-8)6-12-7-11(3,4)14-18(5,15)16/h12,14H,6-7H2,1-5H3. The maximum atomic E-state index is 11.2. The Morgan fingerprint density at radius 2 is 1.94 bits per heavy atom. The van der Waals surface area contributed by atoms with Gasteiger partial charge in [-0.15, -0.1) is 0 Å². The first-order valence-electron chi connectivity index (χ1n) is 5.72. The number of nitrogens with one attached hydrogen (secondary N) is 2. The van der Waals surface area contributed by atoms with Crippen molar-refractivity contribution in [3.05, 3.63) is 17.0 Å². The van der Waals surface area contributed by atoms with Gasteiger partial charge in [0.25, 0.3) is 0 Å². The van der Waals surface area contributed by atoms with Crippen molar-refractivity contribution in [2.45, 2.75) is 39.8 Å². The third-order valence-corrected chi connectivity index (χ3v) is 3.44. The molecule has 0 aliphatic carbocycles. The van der Waals surface area contributed by atoms with Crippen molar-refractivity contribution < 1.29 is 12.9 Å². The van der Waals surface area contributed by atoms with E-state index in [1.165, 1.54) is 0 Å². The van der Waals surface area contributed by atoms with Crippen LogP contribution in [0.15, 0.2) is 4.52 Å². The summed E-state index contributed by atoms with van der Waals surface area (Å²) in [4.78, 5) is 0. The molecule has 1 aromatic rings.